The van der Waals surface area contributed by atoms with Crippen molar-refractivity contribution in [2.24, 2.45) is 0 Å². The highest BCUT2D eigenvalue weighted by Crippen LogP contribution is 2.24. The Hall–Kier alpha value is -1.75. The normalized spacial score (nSPS) is 10.7. The molecule has 1 aromatic heterocycles. The van der Waals surface area contributed by atoms with Crippen LogP contribution >= 0.6 is 11.8 Å². The number of carboxylic acids is 1. The first-order valence-electron chi connectivity index (χ1n) is 5.61. The molecule has 2 aromatic rings. The van der Waals surface area contributed by atoms with Gasteiger partial charge in [0.1, 0.15) is 0 Å². The zero-order valence-electron chi connectivity index (χ0n) is 9.83. The van der Waals surface area contributed by atoms with E-state index in [2.05, 4.69) is 11.6 Å². The molecule has 2 rings (SSSR count). The van der Waals surface area contributed by atoms with E-state index in [0.717, 1.165) is 21.9 Å². The number of fused-ring (bicyclic) bond motifs is 1. The summed E-state index contributed by atoms with van der Waals surface area (Å²) in [5.41, 5.74) is 1.83. The van der Waals surface area contributed by atoms with E-state index in [9.17, 15) is 9.90 Å². The average Bonchev–Trinajstić information content (AvgIpc) is 2.71. The number of hydrogen-bond acceptors (Lipinski definition) is 4. The first-order chi connectivity index (χ1) is 8.72. The van der Waals surface area contributed by atoms with E-state index in [0.29, 0.717) is 6.54 Å². The molecule has 0 unspecified atom stereocenters. The highest BCUT2D eigenvalue weighted by atomic mass is 32.2. The van der Waals surface area contributed by atoms with Crippen LogP contribution in [0.15, 0.2) is 42.1 Å². The molecule has 0 radical (unpaired) electrons. The molecule has 0 fully saturated rings. The van der Waals surface area contributed by atoms with Crippen molar-refractivity contribution in [3.05, 3.63) is 36.9 Å². The van der Waals surface area contributed by atoms with Crippen molar-refractivity contribution in [1.82, 2.24) is 9.55 Å². The van der Waals surface area contributed by atoms with Crippen LogP contribution in [0, 0.1) is 0 Å². The molecule has 0 amide bonds. The maximum absolute atomic E-state index is 10.6. The first-order valence-corrected chi connectivity index (χ1v) is 6.59. The molecule has 1 aromatic carbocycles. The van der Waals surface area contributed by atoms with Crippen LogP contribution in [-0.2, 0) is 11.3 Å². The van der Waals surface area contributed by atoms with Crippen molar-refractivity contribution in [3.8, 4) is 0 Å². The van der Waals surface area contributed by atoms with Gasteiger partial charge in [0.15, 0.2) is 5.16 Å². The van der Waals surface area contributed by atoms with Crippen LogP contribution in [0.4, 0.5) is 0 Å². The van der Waals surface area contributed by atoms with Gasteiger partial charge in [-0.25, -0.2) is 4.98 Å². The number of nitrogens with zero attached hydrogens (tertiary/aromatic N) is 2. The quantitative estimate of drug-likeness (QED) is 0.583. The lowest BCUT2D eigenvalue weighted by molar-refractivity contribution is -0.305. The summed E-state index contributed by atoms with van der Waals surface area (Å²) < 4.78 is 1.92. The third kappa shape index (κ3) is 2.73. The predicted molar refractivity (Wildman–Crippen MR) is 70.3 cm³/mol. The minimum absolute atomic E-state index is 0.0119. The Morgan fingerprint density at radius 1 is 1.50 bits per heavy atom. The number of hydrogen-bond donors (Lipinski definition) is 0. The lowest BCUT2D eigenvalue weighted by Crippen LogP contribution is -2.23. The number of carbonyl (C=O) groups excluding carboxylic acids is 1. The minimum Gasteiger partial charge on any atom is -0.550 e. The van der Waals surface area contributed by atoms with Gasteiger partial charge in [-0.05, 0) is 12.1 Å². The third-order valence-electron chi connectivity index (χ3n) is 2.49. The standard InChI is InChI=1S/C13H14N2O2S/c1-2-9-18-13-14-10-5-3-4-6-11(10)15(13)8-7-12(16)17/h2-6H,1,7-9H2,(H,16,17)/p-1. The van der Waals surface area contributed by atoms with E-state index in [1.54, 1.807) is 17.8 Å². The largest absolute Gasteiger partial charge is 0.550 e. The molecule has 0 atom stereocenters. The second kappa shape index (κ2) is 5.73. The molecule has 5 heteroatoms. The molecule has 0 bridgehead atoms. The van der Waals surface area contributed by atoms with E-state index in [1.165, 1.54) is 0 Å². The Kier molecular flexibility index (Phi) is 4.04. The molecule has 0 aliphatic carbocycles. The maximum Gasteiger partial charge on any atom is 0.169 e. The molecule has 0 aliphatic heterocycles. The maximum atomic E-state index is 10.6. The minimum atomic E-state index is -1.05. The van der Waals surface area contributed by atoms with E-state index in [4.69, 9.17) is 0 Å². The second-order valence-corrected chi connectivity index (χ2v) is 4.74. The molecule has 0 N–H and O–H groups in total. The number of aromatic nitrogens is 2. The summed E-state index contributed by atoms with van der Waals surface area (Å²) in [4.78, 5) is 15.1. The number of rotatable bonds is 6. The predicted octanol–water partition coefficient (Wildman–Crippen LogP) is 1.45. The molecule has 18 heavy (non-hydrogen) atoms. The molecule has 0 saturated heterocycles. The lowest BCUT2D eigenvalue weighted by Gasteiger charge is -2.08. The van der Waals surface area contributed by atoms with Gasteiger partial charge in [0.05, 0.1) is 11.0 Å². The van der Waals surface area contributed by atoms with Crippen LogP contribution in [0.25, 0.3) is 11.0 Å². The van der Waals surface area contributed by atoms with Gasteiger partial charge in [-0.15, -0.1) is 6.58 Å². The number of carbonyl (C=O) groups is 1. The number of aliphatic carboxylic acids is 1. The molecule has 0 aliphatic rings. The van der Waals surface area contributed by atoms with E-state index in [1.807, 2.05) is 28.8 Å². The molecule has 0 saturated carbocycles. The van der Waals surface area contributed by atoms with Crippen molar-refractivity contribution < 1.29 is 9.90 Å². The summed E-state index contributed by atoms with van der Waals surface area (Å²) in [6.45, 7) is 4.05. The molecule has 4 nitrogen and oxygen atoms in total. The summed E-state index contributed by atoms with van der Waals surface area (Å²) in [5, 5.41) is 11.4. The van der Waals surface area contributed by atoms with Crippen molar-refractivity contribution in [3.63, 3.8) is 0 Å². The Morgan fingerprint density at radius 2 is 2.28 bits per heavy atom. The van der Waals surface area contributed by atoms with Gasteiger partial charge in [0.25, 0.3) is 0 Å². The SMILES string of the molecule is C=CCSc1nc2ccccc2n1CCC(=O)[O-]. The summed E-state index contributed by atoms with van der Waals surface area (Å²) in [5.74, 6) is -0.304. The van der Waals surface area contributed by atoms with Gasteiger partial charge in [-0.2, -0.15) is 0 Å². The van der Waals surface area contributed by atoms with E-state index < -0.39 is 5.97 Å². The average molecular weight is 261 g/mol. The number of thioether (sulfide) groups is 1. The number of carboxylic acid groups (broad SMARTS) is 1. The number of benzene rings is 1. The highest BCUT2D eigenvalue weighted by Gasteiger charge is 2.09. The van der Waals surface area contributed by atoms with Crippen LogP contribution in [-0.4, -0.2) is 21.3 Å². The summed E-state index contributed by atoms with van der Waals surface area (Å²) in [7, 11) is 0. The number of aryl methyl sites for hydroxylation is 1. The second-order valence-electron chi connectivity index (χ2n) is 3.76. The molecule has 0 spiro atoms. The zero-order chi connectivity index (χ0) is 13.0. The zero-order valence-corrected chi connectivity index (χ0v) is 10.7. The summed E-state index contributed by atoms with van der Waals surface area (Å²) >= 11 is 1.54. The fourth-order valence-corrected chi connectivity index (χ4v) is 2.49. The van der Waals surface area contributed by atoms with Crippen molar-refractivity contribution in [2.75, 3.05) is 5.75 Å². The topological polar surface area (TPSA) is 58.0 Å². The number of imidazole rings is 1. The van der Waals surface area contributed by atoms with Crippen molar-refractivity contribution >= 4 is 28.8 Å². The monoisotopic (exact) mass is 261 g/mol. The van der Waals surface area contributed by atoms with E-state index >= 15 is 0 Å². The Balaban J connectivity index is 2.36. The first kappa shape index (κ1) is 12.7. The Morgan fingerprint density at radius 3 is 3.00 bits per heavy atom. The smallest absolute Gasteiger partial charge is 0.169 e. The number of para-hydroxylation sites is 2. The third-order valence-corrected chi connectivity index (χ3v) is 3.46. The van der Waals surface area contributed by atoms with Crippen molar-refractivity contribution in [1.29, 1.82) is 0 Å². The lowest BCUT2D eigenvalue weighted by atomic mass is 10.3. The van der Waals surface area contributed by atoms with E-state index in [-0.39, 0.29) is 6.42 Å². The van der Waals surface area contributed by atoms with Gasteiger partial charge in [0, 0.05) is 24.7 Å². The molecular weight excluding hydrogens is 248 g/mol. The van der Waals surface area contributed by atoms with Crippen LogP contribution in [0.3, 0.4) is 0 Å². The fourth-order valence-electron chi connectivity index (χ4n) is 1.72. The molecule has 94 valence electrons. The summed E-state index contributed by atoms with van der Waals surface area (Å²) in [6, 6.07) is 7.69. The van der Waals surface area contributed by atoms with Gasteiger partial charge < -0.3 is 14.5 Å². The van der Waals surface area contributed by atoms with Crippen LogP contribution in [0.2, 0.25) is 0 Å². The van der Waals surface area contributed by atoms with Crippen molar-refractivity contribution in [2.45, 2.75) is 18.1 Å². The van der Waals surface area contributed by atoms with Gasteiger partial charge in [-0.3, -0.25) is 0 Å². The Bertz CT molecular complexity index is 577. The fraction of sp³-hybridized carbons (Fsp3) is 0.231. The van der Waals surface area contributed by atoms with Gasteiger partial charge in [0.2, 0.25) is 0 Å². The molecule has 1 heterocycles. The summed E-state index contributed by atoms with van der Waals surface area (Å²) in [6.07, 6.45) is 1.79. The van der Waals surface area contributed by atoms with Gasteiger partial charge >= 0.3 is 0 Å². The Labute approximate surface area is 109 Å². The highest BCUT2D eigenvalue weighted by molar-refractivity contribution is 7.99. The van der Waals surface area contributed by atoms with Crippen LogP contribution in [0.5, 0.6) is 0 Å². The van der Waals surface area contributed by atoms with Crippen LogP contribution in [0.1, 0.15) is 6.42 Å². The van der Waals surface area contributed by atoms with Gasteiger partial charge in [-0.1, -0.05) is 30.0 Å². The van der Waals surface area contributed by atoms with Crippen LogP contribution < -0.4 is 5.11 Å². The molecular formula is C13H13N2O2S-.